The van der Waals surface area contributed by atoms with Gasteiger partial charge in [-0.2, -0.15) is 8.42 Å². The Morgan fingerprint density at radius 2 is 1.12 bits per heavy atom. The van der Waals surface area contributed by atoms with Crippen LogP contribution in [-0.4, -0.2) is 97.5 Å². The summed E-state index contributed by atoms with van der Waals surface area (Å²) in [5, 5.41) is 30.6. The largest absolute Gasteiger partial charge is 0.457 e. The molecule has 6 atom stereocenters. The van der Waals surface area contributed by atoms with Crippen molar-refractivity contribution in [2.24, 2.45) is 0 Å². The van der Waals surface area contributed by atoms with Gasteiger partial charge in [-0.25, -0.2) is 4.18 Å². The molecule has 1 fully saturated rings. The maximum absolute atomic E-state index is 12.8. The van der Waals surface area contributed by atoms with E-state index in [2.05, 4.69) is 42.3 Å². The summed E-state index contributed by atoms with van der Waals surface area (Å²) in [6, 6.07) is 0. The van der Waals surface area contributed by atoms with E-state index in [1.54, 1.807) is 0 Å². The van der Waals surface area contributed by atoms with Gasteiger partial charge in [0.2, 0.25) is 0 Å². The summed E-state index contributed by atoms with van der Waals surface area (Å²) in [5.74, 6) is -0.410. The fourth-order valence-corrected chi connectivity index (χ4v) is 7.17. The molecule has 12 nitrogen and oxygen atoms in total. The molecule has 13 heteroatoms. The molecule has 0 spiro atoms. The van der Waals surface area contributed by atoms with Crippen molar-refractivity contribution < 1.29 is 56.2 Å². The van der Waals surface area contributed by atoms with Crippen LogP contribution < -0.4 is 0 Å². The standard InChI is InChI=1S/C43H80O12S/c1-3-5-7-9-11-13-15-17-18-19-20-22-24-26-28-30-32-39(45)53-37(35-51-33-31-29-27-25-23-21-16-14-12-10-8-6-4-2)36-52-43-41(47)42(55-56(48,49)50)40(46)38(34-44)54-43/h12,14,18-19,37-38,40-44,46-47H,3-11,13,15-17,20-36H2,1-2H3,(H,48,49,50)/b14-12-,19-18-. The third kappa shape index (κ3) is 28.9. The zero-order valence-electron chi connectivity index (χ0n) is 34.9. The number of aliphatic hydroxyl groups excluding tert-OH is 3. The molecule has 4 N–H and O–H groups in total. The molecular weight excluding hydrogens is 741 g/mol. The van der Waals surface area contributed by atoms with Crippen LogP contribution in [0.25, 0.3) is 0 Å². The average Bonchev–Trinajstić information content (AvgIpc) is 3.17. The highest BCUT2D eigenvalue weighted by molar-refractivity contribution is 7.80. The highest BCUT2D eigenvalue weighted by Gasteiger charge is 2.48. The van der Waals surface area contributed by atoms with Gasteiger partial charge in [-0.1, -0.05) is 134 Å². The number of rotatable bonds is 38. The molecule has 1 saturated heterocycles. The second kappa shape index (κ2) is 35.5. The third-order valence-electron chi connectivity index (χ3n) is 10.0. The third-order valence-corrected chi connectivity index (χ3v) is 10.5. The van der Waals surface area contributed by atoms with Crippen molar-refractivity contribution in [1.29, 1.82) is 0 Å². The van der Waals surface area contributed by atoms with Gasteiger partial charge >= 0.3 is 16.4 Å². The minimum atomic E-state index is -5.06. The second-order valence-corrected chi connectivity index (χ2v) is 16.3. The molecule has 1 aliphatic rings. The van der Waals surface area contributed by atoms with E-state index in [9.17, 15) is 28.5 Å². The molecule has 0 aliphatic carbocycles. The topological polar surface area (TPSA) is 178 Å². The first-order valence-corrected chi connectivity index (χ1v) is 23.5. The van der Waals surface area contributed by atoms with Crippen LogP contribution in [-0.2, 0) is 38.3 Å². The summed E-state index contributed by atoms with van der Waals surface area (Å²) >= 11 is 0. The lowest BCUT2D eigenvalue weighted by Crippen LogP contribution is -2.60. The van der Waals surface area contributed by atoms with Crippen molar-refractivity contribution in [3.05, 3.63) is 24.3 Å². The monoisotopic (exact) mass is 821 g/mol. The van der Waals surface area contributed by atoms with Gasteiger partial charge in [0.1, 0.15) is 30.5 Å². The van der Waals surface area contributed by atoms with Gasteiger partial charge in [-0.3, -0.25) is 9.35 Å². The van der Waals surface area contributed by atoms with E-state index in [1.165, 1.54) is 89.9 Å². The Morgan fingerprint density at radius 3 is 1.64 bits per heavy atom. The molecule has 330 valence electrons. The van der Waals surface area contributed by atoms with Crippen LogP contribution in [0.5, 0.6) is 0 Å². The minimum Gasteiger partial charge on any atom is -0.457 e. The van der Waals surface area contributed by atoms with Crippen molar-refractivity contribution in [2.75, 3.05) is 26.4 Å². The van der Waals surface area contributed by atoms with E-state index in [0.29, 0.717) is 13.0 Å². The van der Waals surface area contributed by atoms with Crippen LogP contribution in [0.3, 0.4) is 0 Å². The number of unbranched alkanes of at least 4 members (excludes halogenated alkanes) is 21. The molecule has 1 rings (SSSR count). The van der Waals surface area contributed by atoms with Crippen LogP contribution >= 0.6 is 0 Å². The van der Waals surface area contributed by atoms with Crippen molar-refractivity contribution in [1.82, 2.24) is 0 Å². The van der Waals surface area contributed by atoms with Crippen molar-refractivity contribution >= 4 is 16.4 Å². The van der Waals surface area contributed by atoms with Gasteiger partial charge in [0.25, 0.3) is 0 Å². The first kappa shape index (κ1) is 52.6. The van der Waals surface area contributed by atoms with Gasteiger partial charge in [-0.05, 0) is 64.2 Å². The maximum atomic E-state index is 12.8. The quantitative estimate of drug-likeness (QED) is 0.0202. The molecule has 1 heterocycles. The van der Waals surface area contributed by atoms with Gasteiger partial charge in [0.05, 0.1) is 19.8 Å². The Labute approximate surface area is 340 Å². The van der Waals surface area contributed by atoms with Crippen molar-refractivity contribution in [2.45, 2.75) is 218 Å². The zero-order valence-corrected chi connectivity index (χ0v) is 35.8. The van der Waals surface area contributed by atoms with Crippen LogP contribution in [0.2, 0.25) is 0 Å². The van der Waals surface area contributed by atoms with Crippen molar-refractivity contribution in [3.63, 3.8) is 0 Å². The molecular formula is C43H80O12S. The number of allylic oxidation sites excluding steroid dienone is 4. The summed E-state index contributed by atoms with van der Waals surface area (Å²) in [7, 11) is -5.06. The molecule has 0 aromatic heterocycles. The maximum Gasteiger partial charge on any atom is 0.397 e. The predicted molar refractivity (Wildman–Crippen MR) is 221 cm³/mol. The Bertz CT molecular complexity index is 1080. The van der Waals surface area contributed by atoms with E-state index in [1.807, 2.05) is 0 Å². The van der Waals surface area contributed by atoms with Crippen LogP contribution in [0.1, 0.15) is 181 Å². The van der Waals surface area contributed by atoms with Crippen LogP contribution in [0.4, 0.5) is 0 Å². The lowest BCUT2D eigenvalue weighted by atomic mass is 9.99. The average molecular weight is 821 g/mol. The van der Waals surface area contributed by atoms with Gasteiger partial charge < -0.3 is 34.3 Å². The number of hydrogen-bond acceptors (Lipinski definition) is 11. The number of ether oxygens (including phenoxy) is 4. The summed E-state index contributed by atoms with van der Waals surface area (Å²) < 4.78 is 59.0. The van der Waals surface area contributed by atoms with Gasteiger partial charge in [0.15, 0.2) is 6.29 Å². The van der Waals surface area contributed by atoms with Crippen LogP contribution in [0.15, 0.2) is 24.3 Å². The summed E-state index contributed by atoms with van der Waals surface area (Å²) in [6.45, 7) is 3.94. The number of carbonyl (C=O) groups excluding carboxylic acids is 1. The number of carbonyl (C=O) groups is 1. The molecule has 0 radical (unpaired) electrons. The molecule has 0 amide bonds. The van der Waals surface area contributed by atoms with Gasteiger partial charge in [-0.15, -0.1) is 0 Å². The normalized spacial score (nSPS) is 21.0. The highest BCUT2D eigenvalue weighted by Crippen LogP contribution is 2.26. The van der Waals surface area contributed by atoms with E-state index in [-0.39, 0.29) is 19.6 Å². The first-order chi connectivity index (χ1) is 27.1. The van der Waals surface area contributed by atoms with E-state index >= 15 is 0 Å². The Kier molecular flexibility index (Phi) is 33.4. The van der Waals surface area contributed by atoms with E-state index in [4.69, 9.17) is 23.5 Å². The fourth-order valence-electron chi connectivity index (χ4n) is 6.66. The molecule has 6 unspecified atom stereocenters. The smallest absolute Gasteiger partial charge is 0.397 e. The predicted octanol–water partition coefficient (Wildman–Crippen LogP) is 8.85. The Morgan fingerprint density at radius 1 is 0.661 bits per heavy atom. The summed E-state index contributed by atoms with van der Waals surface area (Å²) in [5.41, 5.74) is 0. The summed E-state index contributed by atoms with van der Waals surface area (Å²) in [4.78, 5) is 12.8. The fraction of sp³-hybridized carbons (Fsp3) is 0.884. The molecule has 0 bridgehead atoms. The van der Waals surface area contributed by atoms with Gasteiger partial charge in [0, 0.05) is 13.0 Å². The summed E-state index contributed by atoms with van der Waals surface area (Å²) in [6.07, 6.45) is 29.2. The lowest BCUT2D eigenvalue weighted by Gasteiger charge is -2.41. The zero-order chi connectivity index (χ0) is 41.1. The number of esters is 1. The van der Waals surface area contributed by atoms with Crippen molar-refractivity contribution in [3.8, 4) is 0 Å². The molecule has 0 saturated carbocycles. The lowest BCUT2D eigenvalue weighted by molar-refractivity contribution is -0.301. The Balaban J connectivity index is 2.45. The molecule has 1 aliphatic heterocycles. The highest BCUT2D eigenvalue weighted by atomic mass is 32.3. The second-order valence-electron chi connectivity index (χ2n) is 15.3. The van der Waals surface area contributed by atoms with E-state index < -0.39 is 59.8 Å². The molecule has 56 heavy (non-hydrogen) atoms. The minimum absolute atomic E-state index is 0.0304. The first-order valence-electron chi connectivity index (χ1n) is 22.1. The van der Waals surface area contributed by atoms with E-state index in [0.717, 1.165) is 64.2 Å². The Hall–Kier alpha value is -1.42. The SMILES string of the molecule is CCCCC/C=C\CCCCCCCCOCC(COC1OC(CO)C(O)C(OS(=O)(=O)O)C1O)OC(=O)CCCCCCC/C=C\CCCCCCCCC. The molecule has 0 aromatic rings. The van der Waals surface area contributed by atoms with Crippen LogP contribution in [0, 0.1) is 0 Å². The molecule has 0 aromatic carbocycles. The number of aliphatic hydroxyl groups is 3. The number of hydrogen-bond donors (Lipinski definition) is 4.